The summed E-state index contributed by atoms with van der Waals surface area (Å²) in [5, 5.41) is 11.1. The van der Waals surface area contributed by atoms with E-state index in [1.807, 2.05) is 25.1 Å². The van der Waals surface area contributed by atoms with Crippen molar-refractivity contribution in [3.8, 4) is 11.5 Å². The number of aliphatic hydroxyl groups excluding tert-OH is 1. The van der Waals surface area contributed by atoms with Crippen molar-refractivity contribution in [3.05, 3.63) is 64.7 Å². The average Bonchev–Trinajstić information content (AvgIpc) is 3.34. The number of benzene rings is 2. The number of carbonyl (C=O) groups is 2. The molecule has 1 amide bonds. The largest absolute Gasteiger partial charge is 0.507 e. The average molecular weight is 421 g/mol. The number of aryl methyl sites for hydroxylation is 1. The van der Waals surface area contributed by atoms with Crippen LogP contribution < -0.4 is 9.47 Å². The molecule has 31 heavy (non-hydrogen) atoms. The maximum absolute atomic E-state index is 13.0. The van der Waals surface area contributed by atoms with E-state index >= 15 is 0 Å². The number of Topliss-reactive ketones (excluding diaryl/α,β-unsaturated/α-hetero) is 1. The lowest BCUT2D eigenvalue weighted by Crippen LogP contribution is -2.30. The Morgan fingerprint density at radius 1 is 1.03 bits per heavy atom. The van der Waals surface area contributed by atoms with Crippen LogP contribution in [0, 0.1) is 6.92 Å². The van der Waals surface area contributed by atoms with E-state index in [0.29, 0.717) is 29.2 Å². The molecule has 1 saturated heterocycles. The van der Waals surface area contributed by atoms with E-state index in [2.05, 4.69) is 6.92 Å². The summed E-state index contributed by atoms with van der Waals surface area (Å²) in [6, 6.07) is 12.0. The van der Waals surface area contributed by atoms with Crippen LogP contribution in [0.1, 0.15) is 55.3 Å². The molecule has 0 spiro atoms. The Labute approximate surface area is 182 Å². The molecule has 6 heteroatoms. The van der Waals surface area contributed by atoms with E-state index in [4.69, 9.17) is 9.47 Å². The van der Waals surface area contributed by atoms with E-state index in [1.165, 1.54) is 0 Å². The SMILES string of the molecule is CCCCCCN1C(=O)C(=O)/C(=C(\O)c2ccc(C)cc2)C1c1ccc2c(c1)OCO2. The molecule has 2 aliphatic rings. The lowest BCUT2D eigenvalue weighted by atomic mass is 9.94. The summed E-state index contributed by atoms with van der Waals surface area (Å²) in [5.74, 6) is -0.187. The van der Waals surface area contributed by atoms with Gasteiger partial charge in [-0.3, -0.25) is 9.59 Å². The van der Waals surface area contributed by atoms with Gasteiger partial charge < -0.3 is 19.5 Å². The Morgan fingerprint density at radius 3 is 2.52 bits per heavy atom. The van der Waals surface area contributed by atoms with Crippen LogP contribution in [-0.4, -0.2) is 35.0 Å². The van der Waals surface area contributed by atoms with Gasteiger partial charge in [-0.1, -0.05) is 62.1 Å². The standard InChI is InChI=1S/C25H27NO5/c1-3-4-5-6-13-26-22(18-11-12-19-20(14-18)31-15-30-19)21(24(28)25(26)29)23(27)17-9-7-16(2)8-10-17/h7-12,14,22,27H,3-6,13,15H2,1-2H3/b23-21-. The van der Waals surface area contributed by atoms with Gasteiger partial charge in [0.25, 0.3) is 11.7 Å². The number of ketones is 1. The van der Waals surface area contributed by atoms with Crippen molar-refractivity contribution < 1.29 is 24.2 Å². The first-order valence-electron chi connectivity index (χ1n) is 10.8. The number of unbranched alkanes of at least 4 members (excludes halogenated alkanes) is 3. The topological polar surface area (TPSA) is 76.1 Å². The normalized spacial score (nSPS) is 19.3. The van der Waals surface area contributed by atoms with Crippen molar-refractivity contribution in [2.75, 3.05) is 13.3 Å². The van der Waals surface area contributed by atoms with Gasteiger partial charge in [-0.25, -0.2) is 0 Å². The molecule has 2 aliphatic heterocycles. The lowest BCUT2D eigenvalue weighted by Gasteiger charge is -2.25. The molecule has 0 bridgehead atoms. The maximum Gasteiger partial charge on any atom is 0.295 e. The zero-order chi connectivity index (χ0) is 22.0. The van der Waals surface area contributed by atoms with Gasteiger partial charge in [0.15, 0.2) is 11.5 Å². The van der Waals surface area contributed by atoms with Gasteiger partial charge in [0.1, 0.15) is 5.76 Å². The molecule has 2 aromatic rings. The second kappa shape index (κ2) is 8.84. The van der Waals surface area contributed by atoms with Crippen molar-refractivity contribution in [3.63, 3.8) is 0 Å². The number of likely N-dealkylation sites (tertiary alicyclic amines) is 1. The van der Waals surface area contributed by atoms with Crippen LogP contribution in [0.2, 0.25) is 0 Å². The number of hydrogen-bond donors (Lipinski definition) is 1. The molecule has 0 aromatic heterocycles. The van der Waals surface area contributed by atoms with Gasteiger partial charge >= 0.3 is 0 Å². The molecular formula is C25H27NO5. The third-order valence-corrected chi connectivity index (χ3v) is 5.83. The van der Waals surface area contributed by atoms with Crippen LogP contribution in [0.15, 0.2) is 48.0 Å². The van der Waals surface area contributed by atoms with Gasteiger partial charge in [-0.05, 0) is 31.0 Å². The Hall–Kier alpha value is -3.28. The quantitative estimate of drug-likeness (QED) is 0.303. The fraction of sp³-hybridized carbons (Fsp3) is 0.360. The summed E-state index contributed by atoms with van der Waals surface area (Å²) in [4.78, 5) is 27.6. The maximum atomic E-state index is 13.0. The number of hydrogen-bond acceptors (Lipinski definition) is 5. The first-order chi connectivity index (χ1) is 15.0. The molecule has 1 atom stereocenters. The van der Waals surface area contributed by atoms with Crippen molar-refractivity contribution >= 4 is 17.4 Å². The zero-order valence-electron chi connectivity index (χ0n) is 17.9. The second-order valence-corrected chi connectivity index (χ2v) is 8.03. The van der Waals surface area contributed by atoms with Gasteiger partial charge in [-0.2, -0.15) is 0 Å². The van der Waals surface area contributed by atoms with Crippen LogP contribution in [0.5, 0.6) is 11.5 Å². The van der Waals surface area contributed by atoms with Gasteiger partial charge in [0, 0.05) is 12.1 Å². The Balaban J connectivity index is 1.77. The lowest BCUT2D eigenvalue weighted by molar-refractivity contribution is -0.139. The summed E-state index contributed by atoms with van der Waals surface area (Å²) in [6.07, 6.45) is 3.93. The van der Waals surface area contributed by atoms with E-state index < -0.39 is 17.7 Å². The third kappa shape index (κ3) is 4.02. The van der Waals surface area contributed by atoms with Crippen LogP contribution >= 0.6 is 0 Å². The van der Waals surface area contributed by atoms with Crippen LogP contribution in [0.25, 0.3) is 5.76 Å². The summed E-state index contributed by atoms with van der Waals surface area (Å²) < 4.78 is 10.9. The van der Waals surface area contributed by atoms with Gasteiger partial charge in [0.2, 0.25) is 6.79 Å². The summed E-state index contributed by atoms with van der Waals surface area (Å²) >= 11 is 0. The smallest absolute Gasteiger partial charge is 0.295 e. The minimum absolute atomic E-state index is 0.114. The number of nitrogens with zero attached hydrogens (tertiary/aromatic N) is 1. The Bertz CT molecular complexity index is 1020. The fourth-order valence-corrected chi connectivity index (χ4v) is 4.12. The highest BCUT2D eigenvalue weighted by atomic mass is 16.7. The molecule has 1 N–H and O–H groups in total. The van der Waals surface area contributed by atoms with Crippen LogP contribution in [0.4, 0.5) is 0 Å². The first kappa shape index (κ1) is 21.0. The molecule has 0 aliphatic carbocycles. The minimum Gasteiger partial charge on any atom is -0.507 e. The summed E-state index contributed by atoms with van der Waals surface area (Å²) in [5.41, 5.74) is 2.39. The molecule has 6 nitrogen and oxygen atoms in total. The molecule has 2 heterocycles. The molecule has 0 radical (unpaired) electrons. The molecule has 4 rings (SSSR count). The highest BCUT2D eigenvalue weighted by Gasteiger charge is 2.46. The Morgan fingerprint density at radius 2 is 1.77 bits per heavy atom. The van der Waals surface area contributed by atoms with Crippen molar-refractivity contribution in [1.29, 1.82) is 0 Å². The molecular weight excluding hydrogens is 394 g/mol. The number of fused-ring (bicyclic) bond motifs is 1. The van der Waals surface area contributed by atoms with Crippen molar-refractivity contribution in [1.82, 2.24) is 4.90 Å². The van der Waals surface area contributed by atoms with E-state index in [-0.39, 0.29) is 18.1 Å². The van der Waals surface area contributed by atoms with Crippen molar-refractivity contribution in [2.45, 2.75) is 45.6 Å². The number of rotatable bonds is 7. The van der Waals surface area contributed by atoms with Gasteiger partial charge in [0.05, 0.1) is 11.6 Å². The third-order valence-electron chi connectivity index (χ3n) is 5.83. The minimum atomic E-state index is -0.669. The highest BCUT2D eigenvalue weighted by Crippen LogP contribution is 2.43. The number of amides is 1. The molecule has 0 saturated carbocycles. The molecule has 1 unspecified atom stereocenters. The summed E-state index contributed by atoms with van der Waals surface area (Å²) in [6.45, 7) is 4.67. The fourth-order valence-electron chi connectivity index (χ4n) is 4.12. The van der Waals surface area contributed by atoms with Crippen LogP contribution in [-0.2, 0) is 9.59 Å². The van der Waals surface area contributed by atoms with E-state index in [1.54, 1.807) is 29.2 Å². The zero-order valence-corrected chi connectivity index (χ0v) is 17.9. The predicted octanol–water partition coefficient (Wildman–Crippen LogP) is 4.73. The monoisotopic (exact) mass is 421 g/mol. The van der Waals surface area contributed by atoms with E-state index in [0.717, 1.165) is 31.2 Å². The van der Waals surface area contributed by atoms with Gasteiger partial charge in [-0.15, -0.1) is 0 Å². The predicted molar refractivity (Wildman–Crippen MR) is 117 cm³/mol. The second-order valence-electron chi connectivity index (χ2n) is 8.03. The van der Waals surface area contributed by atoms with Crippen molar-refractivity contribution in [2.24, 2.45) is 0 Å². The number of carbonyl (C=O) groups excluding carboxylic acids is 2. The molecule has 162 valence electrons. The number of ether oxygens (including phenoxy) is 2. The summed E-state index contributed by atoms with van der Waals surface area (Å²) in [7, 11) is 0. The molecule has 1 fully saturated rings. The van der Waals surface area contributed by atoms with Crippen LogP contribution in [0.3, 0.4) is 0 Å². The number of aliphatic hydroxyl groups is 1. The van der Waals surface area contributed by atoms with E-state index in [9.17, 15) is 14.7 Å². The highest BCUT2D eigenvalue weighted by molar-refractivity contribution is 6.46. The first-order valence-corrected chi connectivity index (χ1v) is 10.8. The molecule has 2 aromatic carbocycles. The Kier molecular flexibility index (Phi) is 5.98.